The molecule has 0 atom stereocenters. The summed E-state index contributed by atoms with van der Waals surface area (Å²) in [6.07, 6.45) is 8.11. The first-order chi connectivity index (χ1) is 6.36. The summed E-state index contributed by atoms with van der Waals surface area (Å²) in [6.45, 7) is 1.78. The first-order valence-corrected chi connectivity index (χ1v) is 4.04. The molecule has 2 heterocycles. The minimum atomic E-state index is 0.584. The van der Waals surface area contributed by atoms with E-state index in [4.69, 9.17) is 4.52 Å². The molecule has 4 heteroatoms. The SMILES string of the molecule is Cc1nc(C2=CC=CN=CC2)no1. The molecule has 0 saturated carbocycles. The average molecular weight is 175 g/mol. The highest BCUT2D eigenvalue weighted by Gasteiger charge is 2.07. The summed E-state index contributed by atoms with van der Waals surface area (Å²) in [7, 11) is 0. The van der Waals surface area contributed by atoms with Gasteiger partial charge in [0.05, 0.1) is 0 Å². The number of rotatable bonds is 1. The Bertz CT molecular complexity index is 387. The van der Waals surface area contributed by atoms with Gasteiger partial charge in [0.2, 0.25) is 5.89 Å². The number of aliphatic imine (C=N–C) groups is 1. The summed E-state index contributed by atoms with van der Waals surface area (Å²) in [4.78, 5) is 8.14. The highest BCUT2D eigenvalue weighted by Crippen LogP contribution is 2.15. The molecule has 0 saturated heterocycles. The van der Waals surface area contributed by atoms with E-state index in [9.17, 15) is 0 Å². The molecule has 66 valence electrons. The van der Waals surface area contributed by atoms with Crippen molar-refractivity contribution >= 4 is 11.8 Å². The van der Waals surface area contributed by atoms with Crippen molar-refractivity contribution in [2.45, 2.75) is 13.3 Å². The molecule has 13 heavy (non-hydrogen) atoms. The fourth-order valence-electron chi connectivity index (χ4n) is 1.08. The Labute approximate surface area is 75.7 Å². The van der Waals surface area contributed by atoms with Crippen LogP contribution < -0.4 is 0 Å². The van der Waals surface area contributed by atoms with Gasteiger partial charge < -0.3 is 4.52 Å². The molecule has 0 unspecified atom stereocenters. The Balaban J connectivity index is 2.31. The Morgan fingerprint density at radius 2 is 2.38 bits per heavy atom. The molecule has 0 amide bonds. The minimum Gasteiger partial charge on any atom is -0.339 e. The van der Waals surface area contributed by atoms with Gasteiger partial charge in [0.25, 0.3) is 0 Å². The van der Waals surface area contributed by atoms with E-state index in [0.29, 0.717) is 11.7 Å². The number of allylic oxidation sites excluding steroid dienone is 3. The molecule has 0 radical (unpaired) electrons. The molecule has 1 aliphatic rings. The Morgan fingerprint density at radius 3 is 3.15 bits per heavy atom. The Morgan fingerprint density at radius 1 is 1.46 bits per heavy atom. The molecule has 2 rings (SSSR count). The first kappa shape index (κ1) is 7.91. The molecule has 1 aromatic heterocycles. The largest absolute Gasteiger partial charge is 0.339 e. The third-order valence-electron chi connectivity index (χ3n) is 1.70. The minimum absolute atomic E-state index is 0.584. The lowest BCUT2D eigenvalue weighted by Gasteiger charge is -1.92. The summed E-state index contributed by atoms with van der Waals surface area (Å²) in [5, 5.41) is 3.83. The first-order valence-electron chi connectivity index (χ1n) is 4.04. The van der Waals surface area contributed by atoms with E-state index in [-0.39, 0.29) is 0 Å². The molecular weight excluding hydrogens is 166 g/mol. The fraction of sp³-hybridized carbons (Fsp3) is 0.222. The second-order valence-electron chi connectivity index (χ2n) is 2.71. The second kappa shape index (κ2) is 3.35. The smallest absolute Gasteiger partial charge is 0.223 e. The molecule has 0 aliphatic carbocycles. The third-order valence-corrected chi connectivity index (χ3v) is 1.70. The zero-order valence-electron chi connectivity index (χ0n) is 7.27. The van der Waals surface area contributed by atoms with Crippen molar-refractivity contribution in [2.75, 3.05) is 0 Å². The summed E-state index contributed by atoms with van der Waals surface area (Å²) in [6, 6.07) is 0. The normalized spacial score (nSPS) is 15.6. The molecule has 4 nitrogen and oxygen atoms in total. The summed E-state index contributed by atoms with van der Waals surface area (Å²) in [5.74, 6) is 1.23. The standard InChI is InChI=1S/C9H9N3O/c1-7-11-9(12-13-7)8-3-2-5-10-6-4-8/h2-3,5-6H,4H2,1H3. The predicted molar refractivity (Wildman–Crippen MR) is 49.3 cm³/mol. The van der Waals surface area contributed by atoms with Gasteiger partial charge in [-0.3, -0.25) is 4.99 Å². The van der Waals surface area contributed by atoms with Crippen LogP contribution in [0.15, 0.2) is 27.9 Å². The maximum Gasteiger partial charge on any atom is 0.223 e. The van der Waals surface area contributed by atoms with Crippen molar-refractivity contribution in [3.8, 4) is 0 Å². The number of hydrogen-bond acceptors (Lipinski definition) is 4. The summed E-state index contributed by atoms with van der Waals surface area (Å²) in [5.41, 5.74) is 1.02. The van der Waals surface area contributed by atoms with E-state index in [0.717, 1.165) is 12.0 Å². The van der Waals surface area contributed by atoms with Gasteiger partial charge in [-0.2, -0.15) is 4.98 Å². The van der Waals surface area contributed by atoms with E-state index in [1.54, 1.807) is 13.1 Å². The van der Waals surface area contributed by atoms with Crippen LogP contribution in [0, 0.1) is 6.92 Å². The van der Waals surface area contributed by atoms with Gasteiger partial charge in [0, 0.05) is 31.3 Å². The molecule has 1 aliphatic heterocycles. The van der Waals surface area contributed by atoms with Crippen molar-refractivity contribution in [2.24, 2.45) is 4.99 Å². The molecule has 1 aromatic rings. The van der Waals surface area contributed by atoms with Crippen LogP contribution in [-0.4, -0.2) is 16.4 Å². The Hall–Kier alpha value is -1.71. The van der Waals surface area contributed by atoms with E-state index < -0.39 is 0 Å². The topological polar surface area (TPSA) is 51.3 Å². The molecule has 0 bridgehead atoms. The molecule has 0 N–H and O–H groups in total. The van der Waals surface area contributed by atoms with Crippen LogP contribution in [0.3, 0.4) is 0 Å². The van der Waals surface area contributed by atoms with Crippen LogP contribution in [-0.2, 0) is 0 Å². The van der Waals surface area contributed by atoms with Crippen LogP contribution in [0.4, 0.5) is 0 Å². The lowest BCUT2D eigenvalue weighted by Crippen LogP contribution is -1.87. The van der Waals surface area contributed by atoms with Crippen molar-refractivity contribution in [3.05, 3.63) is 30.1 Å². The highest BCUT2D eigenvalue weighted by atomic mass is 16.5. The van der Waals surface area contributed by atoms with Crippen LogP contribution in [0.5, 0.6) is 0 Å². The maximum absolute atomic E-state index is 4.89. The van der Waals surface area contributed by atoms with Gasteiger partial charge in [-0.15, -0.1) is 0 Å². The van der Waals surface area contributed by atoms with Gasteiger partial charge in [-0.25, -0.2) is 0 Å². The third kappa shape index (κ3) is 1.72. The van der Waals surface area contributed by atoms with Gasteiger partial charge in [0.1, 0.15) is 0 Å². The lowest BCUT2D eigenvalue weighted by molar-refractivity contribution is 0.391. The van der Waals surface area contributed by atoms with Gasteiger partial charge >= 0.3 is 0 Å². The average Bonchev–Trinajstić information content (AvgIpc) is 2.43. The van der Waals surface area contributed by atoms with E-state index >= 15 is 0 Å². The lowest BCUT2D eigenvalue weighted by atomic mass is 10.2. The molecular formula is C9H9N3O. The van der Waals surface area contributed by atoms with E-state index in [1.807, 2.05) is 18.4 Å². The number of aromatic nitrogens is 2. The predicted octanol–water partition coefficient (Wildman–Crippen LogP) is 1.75. The zero-order valence-corrected chi connectivity index (χ0v) is 7.27. The number of hydrogen-bond donors (Lipinski definition) is 0. The summed E-state index contributed by atoms with van der Waals surface area (Å²) >= 11 is 0. The van der Waals surface area contributed by atoms with E-state index in [2.05, 4.69) is 15.1 Å². The summed E-state index contributed by atoms with van der Waals surface area (Å²) < 4.78 is 4.89. The van der Waals surface area contributed by atoms with Crippen LogP contribution >= 0.6 is 0 Å². The maximum atomic E-state index is 4.89. The zero-order chi connectivity index (χ0) is 9.10. The fourth-order valence-corrected chi connectivity index (χ4v) is 1.08. The van der Waals surface area contributed by atoms with Gasteiger partial charge in [-0.05, 0) is 6.08 Å². The van der Waals surface area contributed by atoms with E-state index in [1.165, 1.54) is 0 Å². The van der Waals surface area contributed by atoms with Gasteiger partial charge in [0.15, 0.2) is 5.82 Å². The van der Waals surface area contributed by atoms with Crippen LogP contribution in [0.25, 0.3) is 5.57 Å². The molecule has 0 spiro atoms. The molecule has 0 fully saturated rings. The van der Waals surface area contributed by atoms with Crippen LogP contribution in [0.1, 0.15) is 18.1 Å². The Kier molecular flexibility index (Phi) is 2.04. The van der Waals surface area contributed by atoms with Gasteiger partial charge in [-0.1, -0.05) is 11.2 Å². The number of nitrogens with zero attached hydrogens (tertiary/aromatic N) is 3. The highest BCUT2D eigenvalue weighted by molar-refractivity contribution is 5.78. The molecule has 0 aromatic carbocycles. The van der Waals surface area contributed by atoms with Crippen molar-refractivity contribution in [3.63, 3.8) is 0 Å². The quantitative estimate of drug-likeness (QED) is 0.653. The second-order valence-corrected chi connectivity index (χ2v) is 2.71. The van der Waals surface area contributed by atoms with Crippen LogP contribution in [0.2, 0.25) is 0 Å². The van der Waals surface area contributed by atoms with Crippen molar-refractivity contribution in [1.29, 1.82) is 0 Å². The van der Waals surface area contributed by atoms with Crippen molar-refractivity contribution in [1.82, 2.24) is 10.1 Å². The van der Waals surface area contributed by atoms with Crippen molar-refractivity contribution < 1.29 is 4.52 Å². The number of aryl methyl sites for hydroxylation is 1. The monoisotopic (exact) mass is 175 g/mol.